The number of pyridine rings is 1. The van der Waals surface area contributed by atoms with Crippen molar-refractivity contribution in [3.8, 4) is 0 Å². The third-order valence-electron chi connectivity index (χ3n) is 4.66. The highest BCUT2D eigenvalue weighted by Crippen LogP contribution is 2.49. The molecule has 0 bridgehead atoms. The molecule has 0 spiro atoms. The Kier molecular flexibility index (Phi) is 5.30. The van der Waals surface area contributed by atoms with Gasteiger partial charge < -0.3 is 10.6 Å². The summed E-state index contributed by atoms with van der Waals surface area (Å²) in [6, 6.07) is 6.07. The Morgan fingerprint density at radius 3 is 2.59 bits per heavy atom. The lowest BCUT2D eigenvalue weighted by Gasteiger charge is -2.15. The van der Waals surface area contributed by atoms with Gasteiger partial charge >= 0.3 is 0 Å². The van der Waals surface area contributed by atoms with Crippen molar-refractivity contribution in [2.24, 2.45) is 22.7 Å². The van der Waals surface area contributed by atoms with E-state index in [4.69, 9.17) is 4.99 Å². The molecule has 1 aromatic rings. The maximum Gasteiger partial charge on any atom is 0.191 e. The molecule has 2 aliphatic carbocycles. The minimum Gasteiger partial charge on any atom is -0.357 e. The van der Waals surface area contributed by atoms with E-state index in [1.165, 1.54) is 25.7 Å². The molecule has 0 amide bonds. The third-order valence-corrected chi connectivity index (χ3v) is 4.66. The second-order valence-corrected chi connectivity index (χ2v) is 6.56. The summed E-state index contributed by atoms with van der Waals surface area (Å²) >= 11 is 0. The second-order valence-electron chi connectivity index (χ2n) is 6.56. The van der Waals surface area contributed by atoms with Crippen LogP contribution in [0.1, 0.15) is 38.3 Å². The molecule has 0 unspecified atom stereocenters. The Morgan fingerprint density at radius 1 is 1.23 bits per heavy atom. The van der Waals surface area contributed by atoms with Crippen LogP contribution in [0.4, 0.5) is 0 Å². The highest BCUT2D eigenvalue weighted by Gasteiger charge is 2.41. The van der Waals surface area contributed by atoms with Crippen LogP contribution in [0, 0.1) is 17.8 Å². The molecule has 4 nitrogen and oxygen atoms in total. The Bertz CT molecular complexity index is 465. The van der Waals surface area contributed by atoms with Gasteiger partial charge in [0.2, 0.25) is 0 Å². The number of aromatic nitrogens is 1. The van der Waals surface area contributed by atoms with Crippen molar-refractivity contribution in [2.75, 3.05) is 19.6 Å². The first kappa shape index (κ1) is 15.3. The lowest BCUT2D eigenvalue weighted by Crippen LogP contribution is -2.38. The summed E-state index contributed by atoms with van der Waals surface area (Å²) in [5.41, 5.74) is 1.12. The van der Waals surface area contributed by atoms with Crippen LogP contribution in [0.2, 0.25) is 0 Å². The largest absolute Gasteiger partial charge is 0.357 e. The van der Waals surface area contributed by atoms with Crippen molar-refractivity contribution >= 4 is 5.96 Å². The first-order chi connectivity index (χ1) is 10.9. The van der Waals surface area contributed by atoms with Crippen molar-refractivity contribution < 1.29 is 0 Å². The topological polar surface area (TPSA) is 49.3 Å². The van der Waals surface area contributed by atoms with Crippen LogP contribution in [0.3, 0.4) is 0 Å². The number of nitrogens with one attached hydrogen (secondary N) is 2. The number of rotatable bonds is 8. The minimum atomic E-state index is 0.839. The molecular weight excluding hydrogens is 272 g/mol. The zero-order valence-electron chi connectivity index (χ0n) is 13.6. The zero-order chi connectivity index (χ0) is 15.2. The molecule has 0 atom stereocenters. The molecule has 2 saturated carbocycles. The quantitative estimate of drug-likeness (QED) is 0.573. The fourth-order valence-corrected chi connectivity index (χ4v) is 3.13. The van der Waals surface area contributed by atoms with Gasteiger partial charge in [-0.15, -0.1) is 0 Å². The van der Waals surface area contributed by atoms with Gasteiger partial charge in [-0.3, -0.25) is 9.98 Å². The molecule has 120 valence electrons. The number of nitrogens with zero attached hydrogens (tertiary/aromatic N) is 2. The lowest BCUT2D eigenvalue weighted by atomic mass is 9.98. The van der Waals surface area contributed by atoms with Gasteiger partial charge in [0, 0.05) is 37.9 Å². The molecule has 1 heterocycles. The van der Waals surface area contributed by atoms with E-state index in [-0.39, 0.29) is 0 Å². The van der Waals surface area contributed by atoms with Gasteiger partial charge in [-0.1, -0.05) is 6.07 Å². The fraction of sp³-hybridized carbons (Fsp3) is 0.667. The molecule has 0 radical (unpaired) electrons. The number of guanidine groups is 1. The maximum absolute atomic E-state index is 4.84. The fourth-order valence-electron chi connectivity index (χ4n) is 3.13. The molecule has 1 aromatic heterocycles. The average Bonchev–Trinajstić information content (AvgIpc) is 3.42. The van der Waals surface area contributed by atoms with Gasteiger partial charge in [-0.05, 0) is 62.5 Å². The van der Waals surface area contributed by atoms with Crippen LogP contribution < -0.4 is 10.6 Å². The lowest BCUT2D eigenvalue weighted by molar-refractivity contribution is 0.417. The summed E-state index contributed by atoms with van der Waals surface area (Å²) in [5, 5.41) is 6.80. The molecular formula is C18H28N4. The van der Waals surface area contributed by atoms with E-state index in [0.29, 0.717) is 0 Å². The van der Waals surface area contributed by atoms with Gasteiger partial charge in [-0.25, -0.2) is 0 Å². The molecule has 2 aliphatic rings. The molecule has 2 N–H and O–H groups in total. The predicted molar refractivity (Wildman–Crippen MR) is 90.9 cm³/mol. The van der Waals surface area contributed by atoms with Gasteiger partial charge in [0.05, 0.1) is 0 Å². The molecule has 3 rings (SSSR count). The van der Waals surface area contributed by atoms with E-state index in [1.54, 1.807) is 0 Å². The van der Waals surface area contributed by atoms with Gasteiger partial charge in [-0.2, -0.15) is 0 Å². The zero-order valence-corrected chi connectivity index (χ0v) is 13.6. The van der Waals surface area contributed by atoms with Gasteiger partial charge in [0.15, 0.2) is 5.96 Å². The Hall–Kier alpha value is -1.58. The summed E-state index contributed by atoms with van der Waals surface area (Å²) in [7, 11) is 0. The van der Waals surface area contributed by atoms with Gasteiger partial charge in [0.25, 0.3) is 0 Å². The Balaban J connectivity index is 1.47. The predicted octanol–water partition coefficient (Wildman–Crippen LogP) is 2.62. The molecule has 4 heteroatoms. The SMILES string of the molecule is CCNC(=NCC(C1CC1)C1CC1)NCCc1ccccn1. The average molecular weight is 300 g/mol. The number of hydrogen-bond donors (Lipinski definition) is 2. The van der Waals surface area contributed by atoms with Crippen LogP contribution in [0.5, 0.6) is 0 Å². The normalized spacial score (nSPS) is 18.5. The summed E-state index contributed by atoms with van der Waals surface area (Å²) < 4.78 is 0. The van der Waals surface area contributed by atoms with Crippen molar-refractivity contribution in [1.29, 1.82) is 0 Å². The molecule has 0 aliphatic heterocycles. The molecule has 0 saturated heterocycles. The van der Waals surface area contributed by atoms with Gasteiger partial charge in [0.1, 0.15) is 0 Å². The van der Waals surface area contributed by atoms with E-state index < -0.39 is 0 Å². The second kappa shape index (κ2) is 7.61. The first-order valence-electron chi connectivity index (χ1n) is 8.79. The van der Waals surface area contributed by atoms with E-state index in [2.05, 4.69) is 28.6 Å². The van der Waals surface area contributed by atoms with E-state index in [0.717, 1.165) is 55.5 Å². The minimum absolute atomic E-state index is 0.839. The Labute approximate surface area is 133 Å². The van der Waals surface area contributed by atoms with Crippen molar-refractivity contribution in [3.63, 3.8) is 0 Å². The van der Waals surface area contributed by atoms with E-state index in [9.17, 15) is 0 Å². The number of aliphatic imine (C=N–C) groups is 1. The van der Waals surface area contributed by atoms with Crippen molar-refractivity contribution in [1.82, 2.24) is 15.6 Å². The van der Waals surface area contributed by atoms with Crippen LogP contribution >= 0.6 is 0 Å². The highest BCUT2D eigenvalue weighted by molar-refractivity contribution is 5.79. The standard InChI is InChI=1S/C18H28N4/c1-2-19-18(21-12-10-16-5-3-4-11-20-16)22-13-17(14-6-7-14)15-8-9-15/h3-5,11,14-15,17H,2,6-10,12-13H2,1H3,(H2,19,21,22). The first-order valence-corrected chi connectivity index (χ1v) is 8.79. The van der Waals surface area contributed by atoms with Crippen molar-refractivity contribution in [2.45, 2.75) is 39.0 Å². The van der Waals surface area contributed by atoms with Crippen LogP contribution in [-0.4, -0.2) is 30.6 Å². The molecule has 2 fully saturated rings. The van der Waals surface area contributed by atoms with E-state index >= 15 is 0 Å². The summed E-state index contributed by atoms with van der Waals surface area (Å²) in [6.07, 6.45) is 8.51. The summed E-state index contributed by atoms with van der Waals surface area (Å²) in [6.45, 7) is 4.90. The monoisotopic (exact) mass is 300 g/mol. The third kappa shape index (κ3) is 4.72. The summed E-state index contributed by atoms with van der Waals surface area (Å²) in [5.74, 6) is 3.73. The van der Waals surface area contributed by atoms with Crippen LogP contribution in [-0.2, 0) is 6.42 Å². The number of hydrogen-bond acceptors (Lipinski definition) is 2. The molecule has 0 aromatic carbocycles. The van der Waals surface area contributed by atoms with Crippen LogP contribution in [0.25, 0.3) is 0 Å². The van der Waals surface area contributed by atoms with Crippen molar-refractivity contribution in [3.05, 3.63) is 30.1 Å². The summed E-state index contributed by atoms with van der Waals surface area (Å²) in [4.78, 5) is 9.20. The smallest absolute Gasteiger partial charge is 0.191 e. The Morgan fingerprint density at radius 2 is 2.00 bits per heavy atom. The maximum atomic E-state index is 4.84. The van der Waals surface area contributed by atoms with E-state index in [1.807, 2.05) is 18.3 Å². The highest BCUT2D eigenvalue weighted by atomic mass is 15.2. The van der Waals surface area contributed by atoms with Crippen LogP contribution in [0.15, 0.2) is 29.4 Å². The molecule has 22 heavy (non-hydrogen) atoms.